The lowest BCUT2D eigenvalue weighted by Gasteiger charge is -2.15. The Hall–Kier alpha value is -1.77. The molecule has 0 bridgehead atoms. The smallest absolute Gasteiger partial charge is 0.127 e. The molecule has 0 amide bonds. The van der Waals surface area contributed by atoms with E-state index in [0.29, 0.717) is 0 Å². The molecule has 3 heteroatoms. The van der Waals surface area contributed by atoms with Gasteiger partial charge in [0.25, 0.3) is 0 Å². The van der Waals surface area contributed by atoms with E-state index in [4.69, 9.17) is 4.74 Å². The van der Waals surface area contributed by atoms with Crippen molar-refractivity contribution in [1.82, 2.24) is 4.90 Å². The summed E-state index contributed by atoms with van der Waals surface area (Å²) in [4.78, 5) is 2.57. The van der Waals surface area contributed by atoms with E-state index in [1.807, 2.05) is 12.1 Å². The van der Waals surface area contributed by atoms with E-state index >= 15 is 0 Å². The maximum Gasteiger partial charge on any atom is 0.127 e. The number of nitrogens with zero attached hydrogens (tertiary/aromatic N) is 1. The minimum Gasteiger partial charge on any atom is -0.493 e. The van der Waals surface area contributed by atoms with E-state index in [-0.39, 0.29) is 12.4 Å². The third-order valence-electron chi connectivity index (χ3n) is 4.48. The molecule has 0 unspecified atom stereocenters. The van der Waals surface area contributed by atoms with Gasteiger partial charge in [-0.25, -0.2) is 0 Å². The Bertz CT molecular complexity index is 621. The predicted molar refractivity (Wildman–Crippen MR) is 109 cm³/mol. The number of hydrogen-bond donors (Lipinski definition) is 0. The van der Waals surface area contributed by atoms with Crippen molar-refractivity contribution >= 4 is 24.2 Å². The van der Waals surface area contributed by atoms with Crippen molar-refractivity contribution in [3.05, 3.63) is 71.8 Å². The highest BCUT2D eigenvalue weighted by atomic mass is 35.5. The number of rotatable bonds is 8. The van der Waals surface area contributed by atoms with E-state index < -0.39 is 0 Å². The number of hydrogen-bond acceptors (Lipinski definition) is 2. The molecule has 2 nitrogen and oxygen atoms in total. The van der Waals surface area contributed by atoms with Gasteiger partial charge in [0.05, 0.1) is 6.61 Å². The molecule has 1 saturated heterocycles. The average molecular weight is 358 g/mol. The third kappa shape index (κ3) is 6.56. The fourth-order valence-electron chi connectivity index (χ4n) is 3.14. The van der Waals surface area contributed by atoms with E-state index in [2.05, 4.69) is 59.5 Å². The predicted octanol–water partition coefficient (Wildman–Crippen LogP) is 5.50. The van der Waals surface area contributed by atoms with Crippen LogP contribution in [0.4, 0.5) is 0 Å². The molecule has 3 rings (SSSR count). The molecule has 0 aromatic heterocycles. The quantitative estimate of drug-likeness (QED) is 0.351. The SMILES string of the molecule is C(=C(\OCCCCN1CCCC1)c1ccccc1)/c1ccccc1.Cl. The molecule has 134 valence electrons. The second kappa shape index (κ2) is 11.0. The van der Waals surface area contributed by atoms with Gasteiger partial charge in [-0.3, -0.25) is 0 Å². The Morgan fingerprint density at radius 2 is 1.52 bits per heavy atom. The highest BCUT2D eigenvalue weighted by Gasteiger charge is 2.10. The monoisotopic (exact) mass is 357 g/mol. The summed E-state index contributed by atoms with van der Waals surface area (Å²) in [7, 11) is 0. The molecule has 0 atom stereocenters. The third-order valence-corrected chi connectivity index (χ3v) is 4.48. The van der Waals surface area contributed by atoms with Crippen LogP contribution < -0.4 is 0 Å². The fraction of sp³-hybridized carbons (Fsp3) is 0.364. The second-order valence-electron chi connectivity index (χ2n) is 6.39. The fourth-order valence-corrected chi connectivity index (χ4v) is 3.14. The molecule has 1 heterocycles. The topological polar surface area (TPSA) is 12.5 Å². The Morgan fingerprint density at radius 1 is 0.880 bits per heavy atom. The normalized spacial score (nSPS) is 15.0. The van der Waals surface area contributed by atoms with Crippen LogP contribution in [0.2, 0.25) is 0 Å². The van der Waals surface area contributed by atoms with Crippen LogP contribution in [-0.2, 0) is 4.74 Å². The number of likely N-dealkylation sites (tertiary alicyclic amines) is 1. The van der Waals surface area contributed by atoms with Crippen LogP contribution >= 0.6 is 12.4 Å². The van der Waals surface area contributed by atoms with Crippen LogP contribution in [0.1, 0.15) is 36.8 Å². The second-order valence-corrected chi connectivity index (χ2v) is 6.39. The highest BCUT2D eigenvalue weighted by Crippen LogP contribution is 2.20. The van der Waals surface area contributed by atoms with E-state index in [9.17, 15) is 0 Å². The summed E-state index contributed by atoms with van der Waals surface area (Å²) in [5, 5.41) is 0. The standard InChI is InChI=1S/C22H27NO.ClH/c1-3-11-20(12-4-1)19-22(21-13-5-2-6-14-21)24-18-10-9-17-23-15-7-8-16-23;/h1-6,11-14,19H,7-10,15-18H2;1H/b22-19+;. The van der Waals surface area contributed by atoms with Crippen molar-refractivity contribution in [3.8, 4) is 0 Å². The van der Waals surface area contributed by atoms with Crippen LogP contribution in [0.15, 0.2) is 60.7 Å². The van der Waals surface area contributed by atoms with Gasteiger partial charge in [-0.05, 0) is 57.0 Å². The molecule has 0 saturated carbocycles. The zero-order valence-electron chi connectivity index (χ0n) is 14.8. The Morgan fingerprint density at radius 3 is 2.20 bits per heavy atom. The highest BCUT2D eigenvalue weighted by molar-refractivity contribution is 5.85. The van der Waals surface area contributed by atoms with E-state index in [0.717, 1.165) is 24.4 Å². The van der Waals surface area contributed by atoms with Gasteiger partial charge in [0, 0.05) is 5.56 Å². The number of benzene rings is 2. The summed E-state index contributed by atoms with van der Waals surface area (Å²) in [5.74, 6) is 0.961. The average Bonchev–Trinajstić information content (AvgIpc) is 3.15. The van der Waals surface area contributed by atoms with E-state index in [1.54, 1.807) is 0 Å². The van der Waals surface area contributed by atoms with Crippen molar-refractivity contribution in [3.63, 3.8) is 0 Å². The first-order valence-corrected chi connectivity index (χ1v) is 9.09. The molecule has 2 aromatic carbocycles. The van der Waals surface area contributed by atoms with Gasteiger partial charge in [0.1, 0.15) is 5.76 Å². The van der Waals surface area contributed by atoms with Crippen LogP contribution in [0.5, 0.6) is 0 Å². The zero-order chi connectivity index (χ0) is 16.5. The first kappa shape index (κ1) is 19.6. The van der Waals surface area contributed by atoms with Crippen molar-refractivity contribution in [2.75, 3.05) is 26.2 Å². The van der Waals surface area contributed by atoms with Crippen molar-refractivity contribution in [2.24, 2.45) is 0 Å². The first-order valence-electron chi connectivity index (χ1n) is 9.09. The molecule has 0 aliphatic carbocycles. The molecule has 0 radical (unpaired) electrons. The molecular formula is C22H28ClNO. The van der Waals surface area contributed by atoms with Crippen LogP contribution in [0.3, 0.4) is 0 Å². The lowest BCUT2D eigenvalue weighted by molar-refractivity contribution is 0.254. The van der Waals surface area contributed by atoms with Crippen molar-refractivity contribution in [2.45, 2.75) is 25.7 Å². The molecule has 0 N–H and O–H groups in total. The molecule has 25 heavy (non-hydrogen) atoms. The molecule has 1 aliphatic heterocycles. The van der Waals surface area contributed by atoms with Crippen LogP contribution in [0, 0.1) is 0 Å². The Kier molecular flexibility index (Phi) is 8.58. The summed E-state index contributed by atoms with van der Waals surface area (Å²) in [6, 6.07) is 20.8. The molecular weight excluding hydrogens is 330 g/mol. The molecule has 1 fully saturated rings. The lowest BCUT2D eigenvalue weighted by atomic mass is 10.1. The summed E-state index contributed by atoms with van der Waals surface area (Å²) in [5.41, 5.74) is 2.31. The maximum atomic E-state index is 6.14. The molecule has 0 spiro atoms. The van der Waals surface area contributed by atoms with Gasteiger partial charge in [0.15, 0.2) is 0 Å². The maximum absolute atomic E-state index is 6.14. The van der Waals surface area contributed by atoms with Gasteiger partial charge >= 0.3 is 0 Å². The Labute approximate surface area is 157 Å². The van der Waals surface area contributed by atoms with Gasteiger partial charge < -0.3 is 9.64 Å². The van der Waals surface area contributed by atoms with Gasteiger partial charge in [-0.2, -0.15) is 0 Å². The largest absolute Gasteiger partial charge is 0.493 e. The van der Waals surface area contributed by atoms with Crippen LogP contribution in [-0.4, -0.2) is 31.1 Å². The van der Waals surface area contributed by atoms with Crippen molar-refractivity contribution in [1.29, 1.82) is 0 Å². The minimum absolute atomic E-state index is 0. The summed E-state index contributed by atoms with van der Waals surface area (Å²) in [6.07, 6.45) is 7.20. The molecule has 1 aliphatic rings. The Balaban J connectivity index is 0.00000225. The summed E-state index contributed by atoms with van der Waals surface area (Å²) in [6.45, 7) is 4.56. The van der Waals surface area contributed by atoms with Crippen LogP contribution in [0.25, 0.3) is 11.8 Å². The van der Waals surface area contributed by atoms with Gasteiger partial charge in [0.2, 0.25) is 0 Å². The van der Waals surface area contributed by atoms with Gasteiger partial charge in [-0.15, -0.1) is 12.4 Å². The first-order chi connectivity index (χ1) is 11.9. The minimum atomic E-state index is 0. The zero-order valence-corrected chi connectivity index (χ0v) is 15.6. The summed E-state index contributed by atoms with van der Waals surface area (Å²) < 4.78 is 6.14. The lowest BCUT2D eigenvalue weighted by Crippen LogP contribution is -2.20. The number of unbranched alkanes of at least 4 members (excludes halogenated alkanes) is 1. The van der Waals surface area contributed by atoms with Gasteiger partial charge in [-0.1, -0.05) is 60.7 Å². The van der Waals surface area contributed by atoms with Crippen molar-refractivity contribution < 1.29 is 4.74 Å². The molecule has 2 aromatic rings. The number of ether oxygens (including phenoxy) is 1. The number of halogens is 1. The summed E-state index contributed by atoms with van der Waals surface area (Å²) >= 11 is 0. The van der Waals surface area contributed by atoms with E-state index in [1.165, 1.54) is 44.5 Å².